The number of thiazole rings is 1. The third-order valence-electron chi connectivity index (χ3n) is 3.25. The van der Waals surface area contributed by atoms with E-state index in [1.165, 1.54) is 37.7 Å². The minimum absolute atomic E-state index is 0.214. The van der Waals surface area contributed by atoms with Crippen LogP contribution >= 0.6 is 11.3 Å². The Labute approximate surface area is 99.0 Å². The van der Waals surface area contributed by atoms with Crippen LogP contribution in [-0.2, 0) is 4.74 Å². The van der Waals surface area contributed by atoms with Crippen molar-refractivity contribution in [2.75, 3.05) is 12.4 Å². The number of hydrogen-bond acceptors (Lipinski definition) is 5. The Balaban J connectivity index is 2.05. The minimum Gasteiger partial charge on any atom is -0.465 e. The number of nitrogens with one attached hydrogen (secondary N) is 1. The fourth-order valence-electron chi connectivity index (χ4n) is 1.92. The first-order valence-corrected chi connectivity index (χ1v) is 6.33. The third kappa shape index (κ3) is 2.04. The number of esters is 1. The van der Waals surface area contributed by atoms with Crippen LogP contribution in [0.2, 0.25) is 0 Å². The molecule has 0 spiro atoms. The topological polar surface area (TPSA) is 51.2 Å². The average molecular weight is 240 g/mol. The van der Waals surface area contributed by atoms with E-state index in [2.05, 4.69) is 22.0 Å². The number of carbonyl (C=O) groups is 1. The smallest absolute Gasteiger partial charge is 0.349 e. The maximum absolute atomic E-state index is 11.3. The lowest BCUT2D eigenvalue weighted by molar-refractivity contribution is 0.0606. The fourth-order valence-corrected chi connectivity index (χ4v) is 2.78. The molecular weight excluding hydrogens is 224 g/mol. The monoisotopic (exact) mass is 240 g/mol. The second-order valence-corrected chi connectivity index (χ2v) is 5.16. The summed E-state index contributed by atoms with van der Waals surface area (Å²) in [6.07, 6.45) is 6.32. The molecule has 0 unspecified atom stereocenters. The van der Waals surface area contributed by atoms with E-state index in [0.717, 1.165) is 11.6 Å². The first-order valence-electron chi connectivity index (χ1n) is 5.51. The van der Waals surface area contributed by atoms with Crippen LogP contribution in [0, 0.1) is 0 Å². The standard InChI is InChI=1S/C11H16N2O2S/c1-3-11(5-4-6-11)13-10-12-7-8(16-10)9(14)15-2/h7H,3-6H2,1-2H3,(H,12,13). The SMILES string of the molecule is CCC1(Nc2ncc(C(=O)OC)s2)CCC1. The summed E-state index contributed by atoms with van der Waals surface area (Å²) >= 11 is 1.36. The van der Waals surface area contributed by atoms with Crippen LogP contribution in [0.3, 0.4) is 0 Å². The zero-order chi connectivity index (χ0) is 11.6. The van der Waals surface area contributed by atoms with Crippen LogP contribution in [0.4, 0.5) is 5.13 Å². The molecule has 1 fully saturated rings. The van der Waals surface area contributed by atoms with Gasteiger partial charge in [0.25, 0.3) is 0 Å². The Bertz CT molecular complexity index is 380. The molecule has 1 heterocycles. The highest BCUT2D eigenvalue weighted by atomic mass is 32.1. The number of methoxy groups -OCH3 is 1. The molecular formula is C11H16N2O2S. The van der Waals surface area contributed by atoms with E-state index >= 15 is 0 Å². The second kappa shape index (κ2) is 4.41. The van der Waals surface area contributed by atoms with Crippen LogP contribution < -0.4 is 5.32 Å². The summed E-state index contributed by atoms with van der Waals surface area (Å²) in [6, 6.07) is 0. The summed E-state index contributed by atoms with van der Waals surface area (Å²) in [5, 5.41) is 4.26. The Morgan fingerprint density at radius 1 is 1.69 bits per heavy atom. The molecule has 1 aliphatic carbocycles. The van der Waals surface area contributed by atoms with Crippen molar-refractivity contribution >= 4 is 22.4 Å². The van der Waals surface area contributed by atoms with Gasteiger partial charge in [0.15, 0.2) is 5.13 Å². The number of hydrogen-bond donors (Lipinski definition) is 1. The third-order valence-corrected chi connectivity index (χ3v) is 4.14. The van der Waals surface area contributed by atoms with Crippen LogP contribution in [0.15, 0.2) is 6.20 Å². The highest BCUT2D eigenvalue weighted by Gasteiger charge is 2.35. The largest absolute Gasteiger partial charge is 0.465 e. The summed E-state index contributed by atoms with van der Waals surface area (Å²) in [5.41, 5.74) is 0.214. The summed E-state index contributed by atoms with van der Waals surface area (Å²) in [6.45, 7) is 2.18. The second-order valence-electron chi connectivity index (χ2n) is 4.13. The average Bonchev–Trinajstić information content (AvgIpc) is 2.70. The molecule has 5 heteroatoms. The van der Waals surface area contributed by atoms with E-state index in [1.807, 2.05) is 0 Å². The van der Waals surface area contributed by atoms with Crippen LogP contribution in [0.25, 0.3) is 0 Å². The maximum atomic E-state index is 11.3. The molecule has 2 rings (SSSR count). The van der Waals surface area contributed by atoms with Gasteiger partial charge >= 0.3 is 5.97 Å². The van der Waals surface area contributed by atoms with Crippen molar-refractivity contribution in [3.63, 3.8) is 0 Å². The number of carbonyl (C=O) groups excluding carboxylic acids is 1. The zero-order valence-electron chi connectivity index (χ0n) is 9.58. The van der Waals surface area contributed by atoms with Crippen molar-refractivity contribution in [1.82, 2.24) is 4.98 Å². The van der Waals surface area contributed by atoms with Crippen LogP contribution in [-0.4, -0.2) is 23.6 Å². The number of rotatable bonds is 4. The highest BCUT2D eigenvalue weighted by molar-refractivity contribution is 7.17. The fraction of sp³-hybridized carbons (Fsp3) is 0.636. The summed E-state index contributed by atoms with van der Waals surface area (Å²) in [4.78, 5) is 16.0. The van der Waals surface area contributed by atoms with E-state index < -0.39 is 0 Å². The molecule has 1 aromatic rings. The Kier molecular flexibility index (Phi) is 3.14. The van der Waals surface area contributed by atoms with Gasteiger partial charge in [-0.2, -0.15) is 0 Å². The number of nitrogens with zero attached hydrogens (tertiary/aromatic N) is 1. The van der Waals surface area contributed by atoms with E-state index in [1.54, 1.807) is 6.20 Å². The summed E-state index contributed by atoms with van der Waals surface area (Å²) < 4.78 is 4.65. The van der Waals surface area contributed by atoms with Crippen molar-refractivity contribution < 1.29 is 9.53 Å². The van der Waals surface area contributed by atoms with Gasteiger partial charge in [-0.1, -0.05) is 18.3 Å². The quantitative estimate of drug-likeness (QED) is 0.822. The molecule has 1 N–H and O–H groups in total. The Morgan fingerprint density at radius 3 is 2.94 bits per heavy atom. The predicted octanol–water partition coefficient (Wildman–Crippen LogP) is 2.67. The van der Waals surface area contributed by atoms with Gasteiger partial charge in [-0.05, 0) is 25.7 Å². The lowest BCUT2D eigenvalue weighted by Gasteiger charge is -2.41. The molecule has 16 heavy (non-hydrogen) atoms. The lowest BCUT2D eigenvalue weighted by atomic mass is 9.75. The molecule has 0 radical (unpaired) electrons. The van der Waals surface area contributed by atoms with Gasteiger partial charge < -0.3 is 10.1 Å². The van der Waals surface area contributed by atoms with Crippen molar-refractivity contribution in [2.45, 2.75) is 38.1 Å². The van der Waals surface area contributed by atoms with Crippen molar-refractivity contribution in [3.05, 3.63) is 11.1 Å². The van der Waals surface area contributed by atoms with E-state index in [9.17, 15) is 4.79 Å². The molecule has 1 aliphatic rings. The molecule has 1 saturated carbocycles. The van der Waals surface area contributed by atoms with E-state index in [0.29, 0.717) is 4.88 Å². The predicted molar refractivity (Wildman–Crippen MR) is 63.9 cm³/mol. The number of ether oxygens (including phenoxy) is 1. The van der Waals surface area contributed by atoms with Gasteiger partial charge in [-0.3, -0.25) is 0 Å². The van der Waals surface area contributed by atoms with Gasteiger partial charge in [-0.25, -0.2) is 9.78 Å². The maximum Gasteiger partial charge on any atom is 0.349 e. The molecule has 1 aromatic heterocycles. The Morgan fingerprint density at radius 2 is 2.44 bits per heavy atom. The molecule has 0 atom stereocenters. The molecule has 0 bridgehead atoms. The molecule has 4 nitrogen and oxygen atoms in total. The lowest BCUT2D eigenvalue weighted by Crippen LogP contribution is -2.44. The van der Waals surface area contributed by atoms with Crippen molar-refractivity contribution in [2.24, 2.45) is 0 Å². The van der Waals surface area contributed by atoms with Gasteiger partial charge in [0, 0.05) is 5.54 Å². The molecule has 0 saturated heterocycles. The highest BCUT2D eigenvalue weighted by Crippen LogP contribution is 2.38. The van der Waals surface area contributed by atoms with Gasteiger partial charge in [-0.15, -0.1) is 0 Å². The van der Waals surface area contributed by atoms with Crippen LogP contribution in [0.1, 0.15) is 42.3 Å². The van der Waals surface area contributed by atoms with Gasteiger partial charge in [0.2, 0.25) is 0 Å². The first kappa shape index (κ1) is 11.4. The van der Waals surface area contributed by atoms with Crippen molar-refractivity contribution in [1.29, 1.82) is 0 Å². The summed E-state index contributed by atoms with van der Waals surface area (Å²) in [5.74, 6) is -0.315. The molecule has 0 amide bonds. The minimum atomic E-state index is -0.315. The molecule has 0 aromatic carbocycles. The van der Waals surface area contributed by atoms with Gasteiger partial charge in [0.05, 0.1) is 13.3 Å². The van der Waals surface area contributed by atoms with E-state index in [-0.39, 0.29) is 11.5 Å². The van der Waals surface area contributed by atoms with Crippen molar-refractivity contribution in [3.8, 4) is 0 Å². The summed E-state index contributed by atoms with van der Waals surface area (Å²) in [7, 11) is 1.38. The molecule has 0 aliphatic heterocycles. The van der Waals surface area contributed by atoms with Crippen LogP contribution in [0.5, 0.6) is 0 Å². The first-order chi connectivity index (χ1) is 7.69. The normalized spacial score (nSPS) is 17.6. The van der Waals surface area contributed by atoms with E-state index in [4.69, 9.17) is 0 Å². The molecule has 88 valence electrons. The Hall–Kier alpha value is -1.10. The number of aromatic nitrogens is 1. The zero-order valence-corrected chi connectivity index (χ0v) is 10.4. The number of anilines is 1. The van der Waals surface area contributed by atoms with Gasteiger partial charge in [0.1, 0.15) is 4.88 Å².